The molecule has 42 heavy (non-hydrogen) atoms. The van der Waals surface area contributed by atoms with E-state index < -0.39 is 0 Å². The maximum atomic E-state index is 6.22. The summed E-state index contributed by atoms with van der Waals surface area (Å²) >= 11 is 0. The molecule has 4 nitrogen and oxygen atoms in total. The van der Waals surface area contributed by atoms with E-state index in [-0.39, 0.29) is 6.04 Å². The summed E-state index contributed by atoms with van der Waals surface area (Å²) in [5.41, 5.74) is 10.8. The van der Waals surface area contributed by atoms with Crippen molar-refractivity contribution in [2.24, 2.45) is 0 Å². The lowest BCUT2D eigenvalue weighted by Gasteiger charge is -2.28. The highest BCUT2D eigenvalue weighted by atomic mass is 16.3. The third kappa shape index (κ3) is 3.45. The van der Waals surface area contributed by atoms with E-state index in [4.69, 9.17) is 9.40 Å². The Hall–Kier alpha value is -5.61. The van der Waals surface area contributed by atoms with Crippen molar-refractivity contribution in [2.45, 2.75) is 6.04 Å². The van der Waals surface area contributed by atoms with Crippen LogP contribution in [0.5, 0.6) is 0 Å². The van der Waals surface area contributed by atoms with Crippen LogP contribution in [0.25, 0.3) is 61.2 Å². The van der Waals surface area contributed by atoms with Gasteiger partial charge in [0.25, 0.3) is 0 Å². The molecule has 1 unspecified atom stereocenters. The monoisotopic (exact) mass is 539 g/mol. The molecule has 1 aliphatic rings. The lowest BCUT2D eigenvalue weighted by molar-refractivity contribution is 0.668. The van der Waals surface area contributed by atoms with Crippen molar-refractivity contribution in [3.05, 3.63) is 156 Å². The summed E-state index contributed by atoms with van der Waals surface area (Å²) in [7, 11) is 0. The second kappa shape index (κ2) is 8.95. The third-order valence-corrected chi connectivity index (χ3v) is 8.50. The highest BCUT2D eigenvalue weighted by Crippen LogP contribution is 2.39. The quantitative estimate of drug-likeness (QED) is 0.243. The molecule has 0 amide bonds. The summed E-state index contributed by atoms with van der Waals surface area (Å²) in [6.07, 6.45) is 4.02. The number of benzene rings is 5. The van der Waals surface area contributed by atoms with E-state index in [2.05, 4.69) is 125 Å². The minimum Gasteiger partial charge on any atom is -0.456 e. The fraction of sp³-hybridized carbons (Fsp3) is 0.0263. The zero-order chi connectivity index (χ0) is 27.6. The zero-order valence-electron chi connectivity index (χ0n) is 22.7. The lowest BCUT2D eigenvalue weighted by atomic mass is 9.91. The lowest BCUT2D eigenvalue weighted by Crippen LogP contribution is -2.25. The standard InChI is InChI=1S/C38H25N3O/c1-2-9-26(10-3-1)41-34-14-6-4-11-27(34)28-18-17-25(21-35(28)41)38-31-13-8-20-39-33(31)23-32(40-38)24-16-19-30-29-12-5-7-15-36(29)42-37(30)22-24/h1-23,38,40H. The van der Waals surface area contributed by atoms with E-state index in [1.165, 1.54) is 27.4 Å². The number of hydrogen-bond acceptors (Lipinski definition) is 3. The number of hydrogen-bond donors (Lipinski definition) is 1. The van der Waals surface area contributed by atoms with Crippen molar-refractivity contribution >= 4 is 55.5 Å². The first kappa shape index (κ1) is 23.1. The second-order valence-corrected chi connectivity index (χ2v) is 10.9. The van der Waals surface area contributed by atoms with Crippen LogP contribution in [0.4, 0.5) is 0 Å². The molecule has 9 rings (SSSR count). The molecule has 5 aromatic carbocycles. The normalized spacial score (nSPS) is 14.8. The Balaban J connectivity index is 1.21. The van der Waals surface area contributed by atoms with Crippen LogP contribution >= 0.6 is 0 Å². The molecule has 0 radical (unpaired) electrons. The number of aromatic nitrogens is 2. The van der Waals surface area contributed by atoms with Crippen molar-refractivity contribution in [1.29, 1.82) is 0 Å². The van der Waals surface area contributed by atoms with Crippen LogP contribution < -0.4 is 5.32 Å². The third-order valence-electron chi connectivity index (χ3n) is 8.50. The SMILES string of the molecule is C1=C(c2ccc3c(c2)oc2ccccc23)NC(c2ccc3c4ccccc4n(-c4ccccc4)c3c2)c2cccnc21. The molecule has 0 bridgehead atoms. The molecule has 4 heterocycles. The molecule has 0 fully saturated rings. The summed E-state index contributed by atoms with van der Waals surface area (Å²) in [4.78, 5) is 4.79. The van der Waals surface area contributed by atoms with Gasteiger partial charge >= 0.3 is 0 Å². The number of para-hydroxylation sites is 3. The fourth-order valence-electron chi connectivity index (χ4n) is 6.55. The van der Waals surface area contributed by atoms with Gasteiger partial charge < -0.3 is 14.3 Å². The van der Waals surface area contributed by atoms with Gasteiger partial charge in [0.05, 0.1) is 22.8 Å². The first-order valence-electron chi connectivity index (χ1n) is 14.3. The number of pyridine rings is 1. The molecule has 1 atom stereocenters. The maximum absolute atomic E-state index is 6.22. The van der Waals surface area contributed by atoms with E-state index in [9.17, 15) is 0 Å². The Labute approximate surface area is 242 Å². The Morgan fingerprint density at radius 2 is 1.38 bits per heavy atom. The van der Waals surface area contributed by atoms with Crippen LogP contribution in [-0.2, 0) is 0 Å². The van der Waals surface area contributed by atoms with Crippen molar-refractivity contribution in [1.82, 2.24) is 14.9 Å². The van der Waals surface area contributed by atoms with Crippen molar-refractivity contribution in [3.8, 4) is 5.69 Å². The van der Waals surface area contributed by atoms with Crippen molar-refractivity contribution in [3.63, 3.8) is 0 Å². The van der Waals surface area contributed by atoms with Gasteiger partial charge in [-0.05, 0) is 60.2 Å². The van der Waals surface area contributed by atoms with Crippen molar-refractivity contribution < 1.29 is 4.42 Å². The molecule has 0 saturated carbocycles. The highest BCUT2D eigenvalue weighted by Gasteiger charge is 2.25. The fourth-order valence-corrected chi connectivity index (χ4v) is 6.55. The van der Waals surface area contributed by atoms with Crippen molar-refractivity contribution in [2.75, 3.05) is 0 Å². The molecule has 8 aromatic rings. The van der Waals surface area contributed by atoms with Crippen LogP contribution in [0.3, 0.4) is 0 Å². The Morgan fingerprint density at radius 3 is 2.31 bits per heavy atom. The second-order valence-electron chi connectivity index (χ2n) is 10.9. The molecule has 1 N–H and O–H groups in total. The first-order chi connectivity index (χ1) is 20.8. The highest BCUT2D eigenvalue weighted by molar-refractivity contribution is 6.09. The number of nitrogens with zero attached hydrogens (tertiary/aromatic N) is 2. The van der Waals surface area contributed by atoms with E-state index in [1.54, 1.807) is 0 Å². The predicted octanol–water partition coefficient (Wildman–Crippen LogP) is 9.27. The molecule has 1 aliphatic heterocycles. The van der Waals surface area contributed by atoms with Crippen LogP contribution in [0.15, 0.2) is 138 Å². The number of fused-ring (bicyclic) bond motifs is 7. The van der Waals surface area contributed by atoms with Gasteiger partial charge in [-0.1, -0.05) is 78.9 Å². The summed E-state index contributed by atoms with van der Waals surface area (Å²) < 4.78 is 8.59. The Kier molecular flexibility index (Phi) is 4.93. The van der Waals surface area contributed by atoms with Gasteiger partial charge in [0.15, 0.2) is 0 Å². The number of furan rings is 1. The van der Waals surface area contributed by atoms with Gasteiger partial charge in [0.1, 0.15) is 11.2 Å². The Morgan fingerprint density at radius 1 is 0.619 bits per heavy atom. The molecule has 4 heteroatoms. The topological polar surface area (TPSA) is 43.0 Å². The van der Waals surface area contributed by atoms with Crippen LogP contribution in [0.1, 0.15) is 28.4 Å². The van der Waals surface area contributed by atoms with E-state index in [0.29, 0.717) is 0 Å². The molecule has 0 aliphatic carbocycles. The van der Waals surface area contributed by atoms with Gasteiger partial charge in [-0.15, -0.1) is 0 Å². The Bertz CT molecular complexity index is 2340. The molecular formula is C38H25N3O. The van der Waals surface area contributed by atoms with Gasteiger partial charge in [0, 0.05) is 50.3 Å². The summed E-state index contributed by atoms with van der Waals surface area (Å²) in [5.74, 6) is 0. The molecular weight excluding hydrogens is 514 g/mol. The van der Waals surface area contributed by atoms with Gasteiger partial charge in [-0.25, -0.2) is 0 Å². The van der Waals surface area contributed by atoms with Crippen LogP contribution in [0, 0.1) is 0 Å². The summed E-state index contributed by atoms with van der Waals surface area (Å²) in [5, 5.41) is 8.62. The van der Waals surface area contributed by atoms with Gasteiger partial charge in [-0.2, -0.15) is 0 Å². The smallest absolute Gasteiger partial charge is 0.136 e. The summed E-state index contributed by atoms with van der Waals surface area (Å²) in [6.45, 7) is 0. The van der Waals surface area contributed by atoms with E-state index in [1.807, 2.05) is 24.4 Å². The zero-order valence-corrected chi connectivity index (χ0v) is 22.7. The van der Waals surface area contributed by atoms with E-state index >= 15 is 0 Å². The minimum absolute atomic E-state index is 0.0632. The molecule has 3 aromatic heterocycles. The van der Waals surface area contributed by atoms with E-state index in [0.717, 1.165) is 50.1 Å². The molecule has 198 valence electrons. The largest absolute Gasteiger partial charge is 0.456 e. The average Bonchev–Trinajstić information content (AvgIpc) is 3.59. The van der Waals surface area contributed by atoms with Crippen LogP contribution in [0.2, 0.25) is 0 Å². The molecule has 0 saturated heterocycles. The number of rotatable bonds is 3. The molecule has 0 spiro atoms. The minimum atomic E-state index is -0.0632. The van der Waals surface area contributed by atoms with Gasteiger partial charge in [-0.3, -0.25) is 4.98 Å². The van der Waals surface area contributed by atoms with Crippen LogP contribution in [-0.4, -0.2) is 9.55 Å². The predicted molar refractivity (Wildman–Crippen MR) is 172 cm³/mol. The maximum Gasteiger partial charge on any atom is 0.136 e. The summed E-state index contributed by atoms with van der Waals surface area (Å²) in [6, 6.07) is 44.9. The first-order valence-corrected chi connectivity index (χ1v) is 14.3. The van der Waals surface area contributed by atoms with Gasteiger partial charge in [0.2, 0.25) is 0 Å². The average molecular weight is 540 g/mol. The number of nitrogens with one attached hydrogen (secondary N) is 1.